The van der Waals surface area contributed by atoms with E-state index in [0.717, 1.165) is 25.7 Å². The van der Waals surface area contributed by atoms with Crippen molar-refractivity contribution in [3.8, 4) is 0 Å². The van der Waals surface area contributed by atoms with Crippen LogP contribution in [-0.2, 0) is 4.74 Å². The van der Waals surface area contributed by atoms with Crippen molar-refractivity contribution in [2.24, 2.45) is 0 Å². The van der Waals surface area contributed by atoms with E-state index >= 15 is 0 Å². The minimum atomic E-state index is -0.749. The lowest BCUT2D eigenvalue weighted by Crippen LogP contribution is -2.39. The molecule has 26 heavy (non-hydrogen) atoms. The number of aliphatic hydroxyl groups is 1. The summed E-state index contributed by atoms with van der Waals surface area (Å²) in [6, 6.07) is 22.1. The maximum atomic E-state index is 9.83. The van der Waals surface area contributed by atoms with Crippen LogP contribution in [0.2, 0.25) is 0 Å². The summed E-state index contributed by atoms with van der Waals surface area (Å²) >= 11 is 0. The van der Waals surface area contributed by atoms with Crippen LogP contribution in [0, 0.1) is 0 Å². The van der Waals surface area contributed by atoms with Gasteiger partial charge in [-0.15, -0.1) is 0 Å². The summed E-state index contributed by atoms with van der Waals surface area (Å²) in [6.07, 6.45) is 4.57. The first kappa shape index (κ1) is 19.1. The monoisotopic (exact) mass is 353 g/mol. The van der Waals surface area contributed by atoms with Gasteiger partial charge < -0.3 is 15.2 Å². The highest BCUT2D eigenvalue weighted by Crippen LogP contribution is 2.28. The van der Waals surface area contributed by atoms with Gasteiger partial charge in [0.15, 0.2) is 0 Å². The Bertz CT molecular complexity index is 603. The standard InChI is InChI=1S/C23H31NO2/c1-23(2,25)17-26-21-15-13-20(14-16-21)24-22(18-9-5-3-6-10-18)19-11-7-4-8-12-19/h3-12,20-22,24-25H,13-17H2,1-2H3. The first-order chi connectivity index (χ1) is 12.5. The summed E-state index contributed by atoms with van der Waals surface area (Å²) in [7, 11) is 0. The average molecular weight is 354 g/mol. The van der Waals surface area contributed by atoms with Crippen LogP contribution in [0.15, 0.2) is 60.7 Å². The molecule has 1 aliphatic rings. The largest absolute Gasteiger partial charge is 0.388 e. The molecule has 0 radical (unpaired) electrons. The fourth-order valence-electron chi connectivity index (χ4n) is 3.63. The van der Waals surface area contributed by atoms with Crippen LogP contribution in [0.4, 0.5) is 0 Å². The second-order valence-corrected chi connectivity index (χ2v) is 8.02. The van der Waals surface area contributed by atoms with Gasteiger partial charge in [-0.25, -0.2) is 0 Å². The molecular formula is C23H31NO2. The Hall–Kier alpha value is -1.68. The molecule has 1 saturated carbocycles. The van der Waals surface area contributed by atoms with Gasteiger partial charge in [0.1, 0.15) is 0 Å². The van der Waals surface area contributed by atoms with Crippen molar-refractivity contribution in [1.29, 1.82) is 0 Å². The molecule has 0 bridgehead atoms. The minimum absolute atomic E-state index is 0.219. The SMILES string of the molecule is CC(C)(O)COC1CCC(NC(c2ccccc2)c2ccccc2)CC1. The zero-order valence-electron chi connectivity index (χ0n) is 15.9. The Labute approximate surface area is 157 Å². The number of nitrogens with one attached hydrogen (secondary N) is 1. The van der Waals surface area contributed by atoms with E-state index in [0.29, 0.717) is 12.6 Å². The first-order valence-corrected chi connectivity index (χ1v) is 9.71. The Morgan fingerprint density at radius 2 is 1.42 bits per heavy atom. The third-order valence-electron chi connectivity index (χ3n) is 5.01. The minimum Gasteiger partial charge on any atom is -0.388 e. The van der Waals surface area contributed by atoms with Gasteiger partial charge in [0.05, 0.1) is 24.4 Å². The molecule has 1 fully saturated rings. The van der Waals surface area contributed by atoms with Crippen LogP contribution in [0.25, 0.3) is 0 Å². The maximum absolute atomic E-state index is 9.83. The first-order valence-electron chi connectivity index (χ1n) is 9.71. The molecule has 2 N–H and O–H groups in total. The molecule has 0 aromatic heterocycles. The molecule has 2 aromatic rings. The van der Waals surface area contributed by atoms with Gasteiger partial charge >= 0.3 is 0 Å². The number of rotatable bonds is 7. The maximum Gasteiger partial charge on any atom is 0.0824 e. The lowest BCUT2D eigenvalue weighted by Gasteiger charge is -2.33. The second-order valence-electron chi connectivity index (χ2n) is 8.02. The molecule has 140 valence electrons. The van der Waals surface area contributed by atoms with Crippen molar-refractivity contribution >= 4 is 0 Å². The van der Waals surface area contributed by atoms with E-state index < -0.39 is 5.60 Å². The molecule has 3 rings (SSSR count). The lowest BCUT2D eigenvalue weighted by molar-refractivity contribution is -0.0644. The van der Waals surface area contributed by atoms with Crippen molar-refractivity contribution < 1.29 is 9.84 Å². The van der Waals surface area contributed by atoms with Crippen molar-refractivity contribution in [3.63, 3.8) is 0 Å². The fourth-order valence-corrected chi connectivity index (χ4v) is 3.63. The molecule has 0 unspecified atom stereocenters. The molecule has 0 spiro atoms. The van der Waals surface area contributed by atoms with Crippen LogP contribution < -0.4 is 5.32 Å². The molecule has 0 atom stereocenters. The van der Waals surface area contributed by atoms with Gasteiger partial charge in [-0.05, 0) is 50.7 Å². The van der Waals surface area contributed by atoms with Crippen LogP contribution >= 0.6 is 0 Å². The third kappa shape index (κ3) is 5.66. The molecule has 0 heterocycles. The Morgan fingerprint density at radius 1 is 0.923 bits per heavy atom. The van der Waals surface area contributed by atoms with Gasteiger partial charge in [-0.1, -0.05) is 60.7 Å². The second kappa shape index (κ2) is 8.81. The number of benzene rings is 2. The predicted molar refractivity (Wildman–Crippen MR) is 106 cm³/mol. The molecule has 3 nitrogen and oxygen atoms in total. The highest BCUT2D eigenvalue weighted by molar-refractivity contribution is 5.31. The van der Waals surface area contributed by atoms with Crippen LogP contribution in [0.1, 0.15) is 56.7 Å². The molecular weight excluding hydrogens is 322 g/mol. The van der Waals surface area contributed by atoms with E-state index in [1.807, 2.05) is 0 Å². The lowest BCUT2D eigenvalue weighted by atomic mass is 9.90. The molecule has 2 aromatic carbocycles. The van der Waals surface area contributed by atoms with Gasteiger partial charge in [0, 0.05) is 6.04 Å². The van der Waals surface area contributed by atoms with E-state index in [2.05, 4.69) is 66.0 Å². The van der Waals surface area contributed by atoms with Crippen LogP contribution in [0.5, 0.6) is 0 Å². The smallest absolute Gasteiger partial charge is 0.0824 e. The molecule has 1 aliphatic carbocycles. The van der Waals surface area contributed by atoms with E-state index in [4.69, 9.17) is 4.74 Å². The number of hydrogen-bond acceptors (Lipinski definition) is 3. The number of ether oxygens (including phenoxy) is 1. The summed E-state index contributed by atoms with van der Waals surface area (Å²) in [5.41, 5.74) is 1.86. The highest BCUT2D eigenvalue weighted by atomic mass is 16.5. The summed E-state index contributed by atoms with van der Waals surface area (Å²) in [6.45, 7) is 4.00. The van der Waals surface area contributed by atoms with Crippen molar-refractivity contribution in [1.82, 2.24) is 5.32 Å². The van der Waals surface area contributed by atoms with Crippen LogP contribution in [0.3, 0.4) is 0 Å². The summed E-state index contributed by atoms with van der Waals surface area (Å²) in [5, 5.41) is 13.7. The Kier molecular flexibility index (Phi) is 6.47. The Morgan fingerprint density at radius 3 is 1.88 bits per heavy atom. The predicted octanol–water partition coefficient (Wildman–Crippen LogP) is 4.46. The Balaban J connectivity index is 1.61. The normalized spacial score (nSPS) is 21.1. The molecule has 0 aliphatic heterocycles. The zero-order chi connectivity index (χ0) is 18.4. The van der Waals surface area contributed by atoms with Gasteiger partial charge in [0.25, 0.3) is 0 Å². The third-order valence-corrected chi connectivity index (χ3v) is 5.01. The molecule has 0 amide bonds. The van der Waals surface area contributed by atoms with Crippen molar-refractivity contribution in [2.45, 2.75) is 63.3 Å². The van der Waals surface area contributed by atoms with Crippen LogP contribution in [-0.4, -0.2) is 29.5 Å². The van der Waals surface area contributed by atoms with Crippen molar-refractivity contribution in [2.75, 3.05) is 6.61 Å². The van der Waals surface area contributed by atoms with Gasteiger partial charge in [0.2, 0.25) is 0 Å². The van der Waals surface area contributed by atoms with E-state index in [9.17, 15) is 5.11 Å². The van der Waals surface area contributed by atoms with E-state index in [-0.39, 0.29) is 12.1 Å². The molecule has 0 saturated heterocycles. The quantitative estimate of drug-likeness (QED) is 0.772. The van der Waals surface area contributed by atoms with Gasteiger partial charge in [-0.2, -0.15) is 0 Å². The van der Waals surface area contributed by atoms with E-state index in [1.165, 1.54) is 11.1 Å². The number of hydrogen-bond donors (Lipinski definition) is 2. The topological polar surface area (TPSA) is 41.5 Å². The van der Waals surface area contributed by atoms with E-state index in [1.54, 1.807) is 13.8 Å². The highest BCUT2D eigenvalue weighted by Gasteiger charge is 2.26. The average Bonchev–Trinajstić information content (AvgIpc) is 2.66. The van der Waals surface area contributed by atoms with Crippen molar-refractivity contribution in [3.05, 3.63) is 71.8 Å². The fraction of sp³-hybridized carbons (Fsp3) is 0.478. The zero-order valence-corrected chi connectivity index (χ0v) is 15.9. The summed E-state index contributed by atoms with van der Waals surface area (Å²) in [5.74, 6) is 0. The molecule has 3 heteroatoms. The summed E-state index contributed by atoms with van der Waals surface area (Å²) in [4.78, 5) is 0. The summed E-state index contributed by atoms with van der Waals surface area (Å²) < 4.78 is 5.89. The van der Waals surface area contributed by atoms with Gasteiger partial charge in [-0.3, -0.25) is 0 Å².